The van der Waals surface area contributed by atoms with E-state index in [4.69, 9.17) is 9.47 Å². The molecule has 1 N–H and O–H groups in total. The van der Waals surface area contributed by atoms with Gasteiger partial charge in [-0.05, 0) is 38.5 Å². The lowest BCUT2D eigenvalue weighted by Gasteiger charge is -2.06. The van der Waals surface area contributed by atoms with E-state index in [2.05, 4.69) is 4.98 Å². The van der Waals surface area contributed by atoms with Crippen LogP contribution in [-0.2, 0) is 16.5 Å². The molecule has 128 valence electrons. The Morgan fingerprint density at radius 2 is 1.79 bits per heavy atom. The van der Waals surface area contributed by atoms with Crippen molar-refractivity contribution in [2.45, 2.75) is 20.8 Å². The summed E-state index contributed by atoms with van der Waals surface area (Å²) in [7, 11) is 3.02. The largest absolute Gasteiger partial charge is 0.465 e. The van der Waals surface area contributed by atoms with Crippen LogP contribution < -0.4 is 0 Å². The molecule has 0 amide bonds. The summed E-state index contributed by atoms with van der Waals surface area (Å²) in [6, 6.07) is 3.43. The topological polar surface area (TPSA) is 90.4 Å². The Labute approximate surface area is 139 Å². The molecule has 0 unspecified atom stereocenters. The van der Waals surface area contributed by atoms with Crippen LogP contribution >= 0.6 is 0 Å². The van der Waals surface area contributed by atoms with Crippen molar-refractivity contribution in [2.75, 3.05) is 13.7 Å². The third kappa shape index (κ3) is 3.10. The predicted octanol–water partition coefficient (Wildman–Crippen LogP) is 2.10. The Bertz CT molecular complexity index is 813. The number of H-pyrrole nitrogens is 1. The fourth-order valence-electron chi connectivity index (χ4n) is 2.53. The second-order valence-electron chi connectivity index (χ2n) is 5.53. The van der Waals surface area contributed by atoms with Gasteiger partial charge in [-0.1, -0.05) is 0 Å². The first kappa shape index (κ1) is 17.5. The van der Waals surface area contributed by atoms with E-state index in [1.165, 1.54) is 7.11 Å². The number of carbonyl (C=O) groups excluding carboxylic acids is 3. The smallest absolute Gasteiger partial charge is 0.355 e. The molecule has 0 atom stereocenters. The van der Waals surface area contributed by atoms with E-state index in [-0.39, 0.29) is 5.69 Å². The number of aromatic amines is 1. The maximum absolute atomic E-state index is 12.3. The van der Waals surface area contributed by atoms with E-state index < -0.39 is 24.3 Å². The highest BCUT2D eigenvalue weighted by atomic mass is 16.5. The number of hydrogen-bond donors (Lipinski definition) is 1. The number of hydrogen-bond acceptors (Lipinski definition) is 5. The summed E-state index contributed by atoms with van der Waals surface area (Å²) in [4.78, 5) is 38.9. The van der Waals surface area contributed by atoms with Crippen LogP contribution in [0.25, 0.3) is 0 Å². The second-order valence-corrected chi connectivity index (χ2v) is 5.53. The SMILES string of the molecule is COC(=O)c1c(C)[nH]c(C(=O)COC(=O)c2ccc(C)n2C)c1C. The van der Waals surface area contributed by atoms with Crippen LogP contribution in [0.2, 0.25) is 0 Å². The van der Waals surface area contributed by atoms with Gasteiger partial charge in [-0.3, -0.25) is 4.79 Å². The van der Waals surface area contributed by atoms with Crippen LogP contribution in [0, 0.1) is 20.8 Å². The Morgan fingerprint density at radius 1 is 1.12 bits per heavy atom. The molecular weight excluding hydrogens is 312 g/mol. The first-order valence-corrected chi connectivity index (χ1v) is 7.38. The third-order valence-corrected chi connectivity index (χ3v) is 4.02. The van der Waals surface area contributed by atoms with Gasteiger partial charge in [-0.25, -0.2) is 9.59 Å². The summed E-state index contributed by atoms with van der Waals surface area (Å²) < 4.78 is 11.5. The van der Waals surface area contributed by atoms with Gasteiger partial charge in [0.05, 0.1) is 18.4 Å². The van der Waals surface area contributed by atoms with E-state index in [1.54, 1.807) is 37.6 Å². The number of rotatable bonds is 5. The van der Waals surface area contributed by atoms with Gasteiger partial charge >= 0.3 is 11.9 Å². The van der Waals surface area contributed by atoms with Crippen LogP contribution in [0.3, 0.4) is 0 Å². The van der Waals surface area contributed by atoms with Crippen LogP contribution in [0.1, 0.15) is 48.3 Å². The molecule has 0 spiro atoms. The molecule has 2 aromatic heterocycles. The van der Waals surface area contributed by atoms with E-state index >= 15 is 0 Å². The molecule has 0 aliphatic carbocycles. The van der Waals surface area contributed by atoms with Gasteiger partial charge in [0.15, 0.2) is 6.61 Å². The fourth-order valence-corrected chi connectivity index (χ4v) is 2.53. The first-order chi connectivity index (χ1) is 11.3. The van der Waals surface area contributed by atoms with Crippen LogP contribution in [0.15, 0.2) is 12.1 Å². The Kier molecular flexibility index (Phi) is 4.92. The minimum atomic E-state index is -0.576. The van der Waals surface area contributed by atoms with E-state index in [1.807, 2.05) is 6.92 Å². The zero-order valence-corrected chi connectivity index (χ0v) is 14.4. The Hall–Kier alpha value is -2.83. The number of esters is 2. The van der Waals surface area contributed by atoms with Gasteiger partial charge in [0, 0.05) is 18.4 Å². The van der Waals surface area contributed by atoms with Crippen LogP contribution in [-0.4, -0.2) is 41.0 Å². The molecular formula is C17H20N2O5. The molecule has 0 fully saturated rings. The standard InChI is InChI=1S/C17H20N2O5/c1-9-6-7-12(19(9)4)16(21)24-8-13(20)15-10(2)14(11(3)18-15)17(22)23-5/h6-7,18H,8H2,1-5H3. The normalized spacial score (nSPS) is 10.5. The highest BCUT2D eigenvalue weighted by Gasteiger charge is 2.23. The number of methoxy groups -OCH3 is 1. The van der Waals surface area contributed by atoms with Crippen molar-refractivity contribution in [1.29, 1.82) is 0 Å². The zero-order chi connectivity index (χ0) is 18.0. The maximum Gasteiger partial charge on any atom is 0.355 e. The number of Topliss-reactive ketones (excluding diaryl/α,β-unsaturated/α-hetero) is 1. The molecule has 2 aromatic rings. The molecule has 0 aliphatic rings. The summed E-state index contributed by atoms with van der Waals surface area (Å²) in [5, 5.41) is 0. The monoisotopic (exact) mass is 332 g/mol. The number of aromatic nitrogens is 2. The number of aryl methyl sites for hydroxylation is 2. The molecule has 7 heteroatoms. The molecule has 0 saturated heterocycles. The molecule has 0 bridgehead atoms. The first-order valence-electron chi connectivity index (χ1n) is 7.38. The van der Waals surface area contributed by atoms with Crippen LogP contribution in [0.5, 0.6) is 0 Å². The van der Waals surface area contributed by atoms with Crippen molar-refractivity contribution >= 4 is 17.7 Å². The maximum atomic E-state index is 12.3. The predicted molar refractivity (Wildman–Crippen MR) is 86.4 cm³/mol. The van der Waals surface area contributed by atoms with Crippen molar-refractivity contribution in [1.82, 2.24) is 9.55 Å². The summed E-state index contributed by atoms with van der Waals surface area (Å²) in [5.41, 5.74) is 2.86. The van der Waals surface area contributed by atoms with Crippen molar-refractivity contribution in [3.05, 3.63) is 46.0 Å². The number of nitrogens with one attached hydrogen (secondary N) is 1. The van der Waals surface area contributed by atoms with Gasteiger partial charge in [-0.2, -0.15) is 0 Å². The number of carbonyl (C=O) groups is 3. The minimum Gasteiger partial charge on any atom is -0.465 e. The van der Waals surface area contributed by atoms with Gasteiger partial charge in [-0.15, -0.1) is 0 Å². The molecule has 0 aliphatic heterocycles. The zero-order valence-electron chi connectivity index (χ0n) is 14.4. The van der Waals surface area contributed by atoms with Gasteiger partial charge in [0.25, 0.3) is 0 Å². The van der Waals surface area contributed by atoms with Gasteiger partial charge in [0.2, 0.25) is 5.78 Å². The van der Waals surface area contributed by atoms with Crippen molar-refractivity contribution in [3.63, 3.8) is 0 Å². The lowest BCUT2D eigenvalue weighted by molar-refractivity contribution is 0.0463. The summed E-state index contributed by atoms with van der Waals surface area (Å²) >= 11 is 0. The fraction of sp³-hybridized carbons (Fsp3) is 0.353. The Morgan fingerprint density at radius 3 is 2.33 bits per heavy atom. The van der Waals surface area contributed by atoms with Gasteiger partial charge < -0.3 is 19.0 Å². The van der Waals surface area contributed by atoms with Crippen molar-refractivity contribution in [2.24, 2.45) is 7.05 Å². The second kappa shape index (κ2) is 6.74. The molecule has 2 heterocycles. The summed E-state index contributed by atoms with van der Waals surface area (Å²) in [5.74, 6) is -1.50. The average Bonchev–Trinajstić information content (AvgIpc) is 3.04. The highest BCUT2D eigenvalue weighted by Crippen LogP contribution is 2.19. The Balaban J connectivity index is 2.12. The molecule has 0 radical (unpaired) electrons. The third-order valence-electron chi connectivity index (χ3n) is 4.02. The van der Waals surface area contributed by atoms with E-state index in [9.17, 15) is 14.4 Å². The summed E-state index contributed by atoms with van der Waals surface area (Å²) in [6.45, 7) is 4.77. The number of ketones is 1. The molecule has 24 heavy (non-hydrogen) atoms. The molecule has 0 aromatic carbocycles. The lowest BCUT2D eigenvalue weighted by atomic mass is 10.1. The van der Waals surface area contributed by atoms with E-state index in [0.717, 1.165) is 5.69 Å². The van der Waals surface area contributed by atoms with Crippen molar-refractivity contribution < 1.29 is 23.9 Å². The minimum absolute atomic E-state index is 0.240. The molecule has 2 rings (SSSR count). The summed E-state index contributed by atoms with van der Waals surface area (Å²) in [6.07, 6.45) is 0. The highest BCUT2D eigenvalue weighted by molar-refractivity contribution is 6.03. The van der Waals surface area contributed by atoms with Gasteiger partial charge in [0.1, 0.15) is 5.69 Å². The van der Waals surface area contributed by atoms with Crippen molar-refractivity contribution in [3.8, 4) is 0 Å². The molecule has 7 nitrogen and oxygen atoms in total. The average molecular weight is 332 g/mol. The quantitative estimate of drug-likeness (QED) is 0.669. The number of ether oxygens (including phenoxy) is 2. The van der Waals surface area contributed by atoms with E-state index in [0.29, 0.717) is 22.5 Å². The lowest BCUT2D eigenvalue weighted by Crippen LogP contribution is -2.17. The number of nitrogens with zero attached hydrogens (tertiary/aromatic N) is 1. The molecule has 0 saturated carbocycles. The van der Waals surface area contributed by atoms with Crippen LogP contribution in [0.4, 0.5) is 0 Å².